The number of hydrazone groups is 1. The summed E-state index contributed by atoms with van der Waals surface area (Å²) in [7, 11) is 0. The Hall–Kier alpha value is -3.20. The molecule has 0 N–H and O–H groups in total. The minimum absolute atomic E-state index is 0.356. The van der Waals surface area contributed by atoms with Crippen LogP contribution in [0.3, 0.4) is 0 Å². The number of ether oxygens (including phenoxy) is 2. The normalized spacial score (nSPS) is 14.4. The summed E-state index contributed by atoms with van der Waals surface area (Å²) in [5.41, 5.74) is 4.11. The minimum Gasteiger partial charge on any atom is -0.490 e. The van der Waals surface area contributed by atoms with Crippen molar-refractivity contribution in [1.29, 1.82) is 0 Å². The smallest absolute Gasteiger partial charge is 0.282 e. The van der Waals surface area contributed by atoms with Crippen molar-refractivity contribution in [3.63, 3.8) is 0 Å². The molecular formula is C26H21IN2O4. The second kappa shape index (κ2) is 8.62. The van der Waals surface area contributed by atoms with Crippen LogP contribution in [0.25, 0.3) is 10.8 Å². The van der Waals surface area contributed by atoms with Crippen LogP contribution in [-0.4, -0.2) is 36.3 Å². The van der Waals surface area contributed by atoms with Gasteiger partial charge < -0.3 is 9.47 Å². The number of nitrogens with zero attached hydrogens (tertiary/aromatic N) is 2. The first kappa shape index (κ1) is 21.6. The van der Waals surface area contributed by atoms with Gasteiger partial charge in [-0.2, -0.15) is 10.1 Å². The van der Waals surface area contributed by atoms with Gasteiger partial charge in [0.15, 0.2) is 11.5 Å². The predicted molar refractivity (Wildman–Crippen MR) is 135 cm³/mol. The van der Waals surface area contributed by atoms with E-state index >= 15 is 0 Å². The van der Waals surface area contributed by atoms with Gasteiger partial charge >= 0.3 is 0 Å². The van der Waals surface area contributed by atoms with Crippen molar-refractivity contribution in [2.24, 2.45) is 5.10 Å². The topological polar surface area (TPSA) is 68.2 Å². The summed E-state index contributed by atoms with van der Waals surface area (Å²) in [5, 5.41) is 7.06. The Bertz CT molecular complexity index is 1300. The summed E-state index contributed by atoms with van der Waals surface area (Å²) in [6.45, 7) is 6.39. The molecule has 6 nitrogen and oxygen atoms in total. The SMILES string of the molecule is C=CCOc1c(I)cc(C=NN2C(=O)c3ccc4c5c(ccc(c35)C2=O)CC4)cc1OCC. The third-order valence-corrected chi connectivity index (χ3v) is 6.64. The summed E-state index contributed by atoms with van der Waals surface area (Å²) in [4.78, 5) is 26.4. The summed E-state index contributed by atoms with van der Waals surface area (Å²) in [6, 6.07) is 11.3. The van der Waals surface area contributed by atoms with Crippen LogP contribution in [-0.2, 0) is 12.8 Å². The highest BCUT2D eigenvalue weighted by Gasteiger charge is 2.35. The fourth-order valence-electron chi connectivity index (χ4n) is 4.44. The Balaban J connectivity index is 1.51. The number of benzene rings is 3. The standard InChI is InChI=1S/C26H21IN2O4/c1-3-11-33-24-20(27)12-15(13-21(24)32-4-2)14-28-29-25(30)18-9-7-16-5-6-17-8-10-19(26(29)31)23(18)22(16)17/h3,7-10,12-14H,1,4-6,11H2,2H3. The van der Waals surface area contributed by atoms with Crippen LogP contribution in [0, 0.1) is 3.57 Å². The summed E-state index contributed by atoms with van der Waals surface area (Å²) in [5.74, 6) is 0.366. The highest BCUT2D eigenvalue weighted by Crippen LogP contribution is 2.38. The molecule has 0 radical (unpaired) electrons. The van der Waals surface area contributed by atoms with E-state index in [2.05, 4.69) is 34.3 Å². The molecule has 33 heavy (non-hydrogen) atoms. The van der Waals surface area contributed by atoms with E-state index in [0.717, 1.165) is 32.2 Å². The van der Waals surface area contributed by atoms with E-state index in [1.54, 1.807) is 12.1 Å². The van der Waals surface area contributed by atoms with Gasteiger partial charge in [-0.25, -0.2) is 0 Å². The number of carbonyl (C=O) groups excluding carboxylic acids is 2. The molecule has 5 rings (SSSR count). The minimum atomic E-state index is -0.412. The average Bonchev–Trinajstić information content (AvgIpc) is 3.23. The van der Waals surface area contributed by atoms with E-state index in [1.165, 1.54) is 17.3 Å². The van der Waals surface area contributed by atoms with E-state index < -0.39 is 11.8 Å². The Kier molecular flexibility index (Phi) is 5.65. The lowest BCUT2D eigenvalue weighted by Crippen LogP contribution is -2.36. The highest BCUT2D eigenvalue weighted by molar-refractivity contribution is 14.1. The molecule has 1 heterocycles. The van der Waals surface area contributed by atoms with Crippen molar-refractivity contribution < 1.29 is 19.1 Å². The Morgan fingerprint density at radius 3 is 2.30 bits per heavy atom. The van der Waals surface area contributed by atoms with Crippen LogP contribution < -0.4 is 9.47 Å². The van der Waals surface area contributed by atoms with Gasteiger partial charge in [0, 0.05) is 5.39 Å². The maximum Gasteiger partial charge on any atom is 0.282 e. The quantitative estimate of drug-likeness (QED) is 0.176. The van der Waals surface area contributed by atoms with Crippen LogP contribution >= 0.6 is 22.6 Å². The van der Waals surface area contributed by atoms with E-state index in [0.29, 0.717) is 41.4 Å². The molecule has 1 aliphatic carbocycles. The zero-order chi connectivity index (χ0) is 23.1. The number of hydrogen-bond acceptors (Lipinski definition) is 5. The van der Waals surface area contributed by atoms with Crippen molar-refractivity contribution in [2.45, 2.75) is 19.8 Å². The number of amides is 2. The molecule has 0 saturated heterocycles. The summed E-state index contributed by atoms with van der Waals surface area (Å²) >= 11 is 2.16. The van der Waals surface area contributed by atoms with Crippen molar-refractivity contribution in [2.75, 3.05) is 13.2 Å². The maximum absolute atomic E-state index is 13.2. The number of imide groups is 1. The molecule has 0 spiro atoms. The van der Waals surface area contributed by atoms with E-state index in [4.69, 9.17) is 9.47 Å². The predicted octanol–water partition coefficient (Wildman–Crippen LogP) is 5.14. The summed E-state index contributed by atoms with van der Waals surface area (Å²) in [6.07, 6.45) is 5.04. The van der Waals surface area contributed by atoms with Gasteiger partial charge in [0.1, 0.15) is 6.61 Å². The van der Waals surface area contributed by atoms with Crippen LogP contribution in [0.1, 0.15) is 44.3 Å². The van der Waals surface area contributed by atoms with Crippen LogP contribution in [0.4, 0.5) is 0 Å². The lowest BCUT2D eigenvalue weighted by Gasteiger charge is -2.23. The molecule has 0 atom stereocenters. The zero-order valence-corrected chi connectivity index (χ0v) is 20.2. The van der Waals surface area contributed by atoms with Gasteiger partial charge in [-0.05, 0) is 88.7 Å². The monoisotopic (exact) mass is 552 g/mol. The second-order valence-electron chi connectivity index (χ2n) is 7.82. The first-order valence-corrected chi connectivity index (χ1v) is 11.8. The molecule has 0 unspecified atom stereocenters. The van der Waals surface area contributed by atoms with Crippen LogP contribution in [0.15, 0.2) is 54.2 Å². The number of carbonyl (C=O) groups is 2. The van der Waals surface area contributed by atoms with E-state index in [-0.39, 0.29) is 0 Å². The van der Waals surface area contributed by atoms with Gasteiger partial charge in [0.2, 0.25) is 0 Å². The second-order valence-corrected chi connectivity index (χ2v) is 8.99. The van der Waals surface area contributed by atoms with E-state index in [1.807, 2.05) is 37.3 Å². The number of rotatable bonds is 7. The van der Waals surface area contributed by atoms with E-state index in [9.17, 15) is 9.59 Å². The van der Waals surface area contributed by atoms with Crippen molar-refractivity contribution >= 4 is 51.4 Å². The molecule has 0 aromatic heterocycles. The Morgan fingerprint density at radius 2 is 1.70 bits per heavy atom. The molecule has 2 amide bonds. The highest BCUT2D eigenvalue weighted by atomic mass is 127. The lowest BCUT2D eigenvalue weighted by atomic mass is 9.92. The first-order valence-electron chi connectivity index (χ1n) is 10.7. The zero-order valence-electron chi connectivity index (χ0n) is 18.1. The molecule has 7 heteroatoms. The first-order chi connectivity index (χ1) is 16.0. The Morgan fingerprint density at radius 1 is 1.03 bits per heavy atom. The van der Waals surface area contributed by atoms with Crippen molar-refractivity contribution in [3.8, 4) is 11.5 Å². The Labute approximate surface area is 205 Å². The van der Waals surface area contributed by atoms with Gasteiger partial charge in [-0.1, -0.05) is 24.8 Å². The van der Waals surface area contributed by atoms with Crippen molar-refractivity contribution in [1.82, 2.24) is 5.01 Å². The third kappa shape index (κ3) is 3.60. The average molecular weight is 552 g/mol. The fourth-order valence-corrected chi connectivity index (χ4v) is 5.22. The van der Waals surface area contributed by atoms with Gasteiger partial charge in [0.05, 0.1) is 27.5 Å². The maximum atomic E-state index is 13.2. The van der Waals surface area contributed by atoms with Gasteiger partial charge in [-0.3, -0.25) is 9.59 Å². The molecule has 0 fully saturated rings. The van der Waals surface area contributed by atoms with Gasteiger partial charge in [-0.15, -0.1) is 0 Å². The van der Waals surface area contributed by atoms with Gasteiger partial charge in [0.25, 0.3) is 11.8 Å². The third-order valence-electron chi connectivity index (χ3n) is 5.84. The van der Waals surface area contributed by atoms with Crippen molar-refractivity contribution in [3.05, 3.63) is 80.4 Å². The molecule has 3 aromatic rings. The number of hydrogen-bond donors (Lipinski definition) is 0. The largest absolute Gasteiger partial charge is 0.490 e. The molecule has 2 aliphatic rings. The number of halogens is 1. The fraction of sp³-hybridized carbons (Fsp3) is 0.192. The lowest BCUT2D eigenvalue weighted by molar-refractivity contribution is 0.0616. The van der Waals surface area contributed by atoms with Crippen LogP contribution in [0.5, 0.6) is 11.5 Å². The summed E-state index contributed by atoms with van der Waals surface area (Å²) < 4.78 is 12.3. The molecular weight excluding hydrogens is 531 g/mol. The molecule has 0 bridgehead atoms. The molecule has 166 valence electrons. The van der Waals surface area contributed by atoms with Crippen LogP contribution in [0.2, 0.25) is 0 Å². The molecule has 1 aliphatic heterocycles. The molecule has 3 aromatic carbocycles. The molecule has 0 saturated carbocycles. The number of aryl methyl sites for hydroxylation is 2.